The summed E-state index contributed by atoms with van der Waals surface area (Å²) in [5, 5.41) is 0. The molecule has 2 heterocycles. The minimum Gasteiger partial charge on any atom is -0.307 e. The van der Waals surface area contributed by atoms with Crippen molar-refractivity contribution in [3.63, 3.8) is 0 Å². The van der Waals surface area contributed by atoms with Crippen LogP contribution in [0.5, 0.6) is 0 Å². The largest absolute Gasteiger partial charge is 0.307 e. The van der Waals surface area contributed by atoms with Crippen LogP contribution < -0.4 is 11.3 Å². The highest BCUT2D eigenvalue weighted by Gasteiger charge is 1.97. The first-order chi connectivity index (χ1) is 5.90. The summed E-state index contributed by atoms with van der Waals surface area (Å²) in [6.07, 6.45) is 4.53. The van der Waals surface area contributed by atoms with E-state index in [1.54, 1.807) is 6.20 Å². The van der Waals surface area contributed by atoms with Crippen molar-refractivity contribution < 1.29 is 0 Å². The number of rotatable bonds is 1. The Bertz CT molecular complexity index is 400. The maximum atomic E-state index is 5.14. The lowest BCUT2D eigenvalue weighted by Crippen LogP contribution is -2.09. The zero-order chi connectivity index (χ0) is 8.39. The van der Waals surface area contributed by atoms with E-state index in [0.717, 1.165) is 0 Å². The Hall–Kier alpha value is -1.82. The fourth-order valence-corrected chi connectivity index (χ4v) is 0.836. The first-order valence-corrected chi connectivity index (χ1v) is 3.29. The Kier molecular flexibility index (Phi) is 1.52. The molecule has 0 bridgehead atoms. The van der Waals surface area contributed by atoms with Crippen LogP contribution in [-0.4, -0.2) is 19.9 Å². The van der Waals surface area contributed by atoms with Gasteiger partial charge in [0.15, 0.2) is 11.5 Å². The highest BCUT2D eigenvalue weighted by molar-refractivity contribution is 5.69. The van der Waals surface area contributed by atoms with E-state index in [9.17, 15) is 0 Å². The van der Waals surface area contributed by atoms with Crippen molar-refractivity contribution in [1.82, 2.24) is 19.9 Å². The van der Waals surface area contributed by atoms with Crippen LogP contribution in [0.2, 0.25) is 0 Å². The van der Waals surface area contributed by atoms with Crippen LogP contribution >= 0.6 is 0 Å². The number of nitrogens with two attached hydrogens (primary N) is 1. The Morgan fingerprint density at radius 2 is 2.17 bits per heavy atom. The summed E-state index contributed by atoms with van der Waals surface area (Å²) < 4.78 is 0. The molecule has 12 heavy (non-hydrogen) atoms. The highest BCUT2D eigenvalue weighted by Crippen LogP contribution is 2.05. The lowest BCUT2D eigenvalue weighted by molar-refractivity contribution is 1.13. The summed E-state index contributed by atoms with van der Waals surface area (Å²) in [6.45, 7) is 0. The van der Waals surface area contributed by atoms with Gasteiger partial charge in [-0.05, 0) is 0 Å². The van der Waals surface area contributed by atoms with Gasteiger partial charge in [0, 0.05) is 0 Å². The second-order valence-corrected chi connectivity index (χ2v) is 2.13. The van der Waals surface area contributed by atoms with Crippen LogP contribution in [0.4, 0.5) is 5.82 Å². The number of nitrogens with one attached hydrogen (secondary N) is 1. The molecule has 0 aliphatic carbocycles. The predicted molar refractivity (Wildman–Crippen MR) is 42.9 cm³/mol. The van der Waals surface area contributed by atoms with E-state index in [0.29, 0.717) is 17.0 Å². The molecule has 0 aliphatic heterocycles. The predicted octanol–water partition coefficient (Wildman–Crippen LogP) is -0.295. The van der Waals surface area contributed by atoms with Crippen molar-refractivity contribution in [2.24, 2.45) is 5.84 Å². The number of nitrogen functional groups attached to an aromatic ring is 1. The van der Waals surface area contributed by atoms with Crippen molar-refractivity contribution in [3.8, 4) is 0 Å². The Morgan fingerprint density at radius 3 is 3.00 bits per heavy atom. The summed E-state index contributed by atoms with van der Waals surface area (Å²) in [7, 11) is 0. The monoisotopic (exact) mass is 162 g/mol. The Morgan fingerprint density at radius 1 is 1.25 bits per heavy atom. The van der Waals surface area contributed by atoms with Gasteiger partial charge in [-0.25, -0.2) is 25.8 Å². The first-order valence-electron chi connectivity index (χ1n) is 3.29. The van der Waals surface area contributed by atoms with Gasteiger partial charge >= 0.3 is 0 Å². The summed E-state index contributed by atoms with van der Waals surface area (Å²) in [4.78, 5) is 15.8. The van der Waals surface area contributed by atoms with Gasteiger partial charge in [-0.2, -0.15) is 0 Å². The average Bonchev–Trinajstić information content (AvgIpc) is 2.17. The maximum absolute atomic E-state index is 5.14. The summed E-state index contributed by atoms with van der Waals surface area (Å²) in [6, 6.07) is 0. The Labute approximate surface area is 67.9 Å². The van der Waals surface area contributed by atoms with Gasteiger partial charge in [0.2, 0.25) is 0 Å². The van der Waals surface area contributed by atoms with Crippen molar-refractivity contribution >= 4 is 17.0 Å². The minimum absolute atomic E-state index is 0.487. The molecule has 0 spiro atoms. The fourth-order valence-electron chi connectivity index (χ4n) is 0.836. The second-order valence-electron chi connectivity index (χ2n) is 2.13. The molecule has 2 aromatic heterocycles. The van der Waals surface area contributed by atoms with Crippen LogP contribution in [0.25, 0.3) is 11.2 Å². The third-order valence-corrected chi connectivity index (χ3v) is 1.37. The van der Waals surface area contributed by atoms with Crippen LogP contribution in [0.1, 0.15) is 0 Å². The van der Waals surface area contributed by atoms with Gasteiger partial charge in [0.25, 0.3) is 0 Å². The van der Waals surface area contributed by atoms with Crippen molar-refractivity contribution in [2.45, 2.75) is 0 Å². The zero-order valence-electron chi connectivity index (χ0n) is 6.10. The Balaban J connectivity index is 2.67. The second kappa shape index (κ2) is 2.67. The van der Waals surface area contributed by atoms with E-state index in [4.69, 9.17) is 5.84 Å². The van der Waals surface area contributed by atoms with Crippen molar-refractivity contribution in [3.05, 3.63) is 18.7 Å². The van der Waals surface area contributed by atoms with Crippen LogP contribution in [0.15, 0.2) is 18.7 Å². The third kappa shape index (κ3) is 1.04. The standard InChI is InChI=1S/C6H6N6/c7-12-5-2-9-4-1-8-3-10-6(4)11-5/h1-3H,7H2,(H,8,10,11,12). The normalized spacial score (nSPS) is 10.1. The number of anilines is 1. The first kappa shape index (κ1) is 6.86. The molecule has 0 aliphatic rings. The van der Waals surface area contributed by atoms with E-state index in [1.807, 2.05) is 0 Å². The molecule has 60 valence electrons. The van der Waals surface area contributed by atoms with Gasteiger partial charge in [0.1, 0.15) is 11.8 Å². The molecule has 2 rings (SSSR count). The van der Waals surface area contributed by atoms with E-state index in [2.05, 4.69) is 25.4 Å². The topological polar surface area (TPSA) is 89.6 Å². The lowest BCUT2D eigenvalue weighted by atomic mass is 10.5. The van der Waals surface area contributed by atoms with Crippen molar-refractivity contribution in [1.29, 1.82) is 0 Å². The maximum Gasteiger partial charge on any atom is 0.183 e. The summed E-state index contributed by atoms with van der Waals surface area (Å²) >= 11 is 0. The smallest absolute Gasteiger partial charge is 0.183 e. The van der Waals surface area contributed by atoms with Gasteiger partial charge in [-0.1, -0.05) is 0 Å². The van der Waals surface area contributed by atoms with Crippen LogP contribution in [0, 0.1) is 0 Å². The molecule has 0 aromatic carbocycles. The van der Waals surface area contributed by atoms with E-state index in [1.165, 1.54) is 12.5 Å². The molecule has 6 nitrogen and oxygen atoms in total. The lowest BCUT2D eigenvalue weighted by Gasteiger charge is -1.97. The van der Waals surface area contributed by atoms with Gasteiger partial charge in [-0.15, -0.1) is 0 Å². The minimum atomic E-state index is 0.487. The van der Waals surface area contributed by atoms with Gasteiger partial charge in [0.05, 0.1) is 12.4 Å². The molecule has 0 fully saturated rings. The zero-order valence-corrected chi connectivity index (χ0v) is 6.10. The quantitative estimate of drug-likeness (QED) is 0.442. The molecule has 2 aromatic rings. The highest BCUT2D eigenvalue weighted by atomic mass is 15.3. The SMILES string of the molecule is NNc1cnc2cncnc2n1. The molecule has 0 amide bonds. The molecule has 0 unspecified atom stereocenters. The molecular formula is C6H6N6. The number of fused-ring (bicyclic) bond motifs is 1. The van der Waals surface area contributed by atoms with E-state index < -0.39 is 0 Å². The third-order valence-electron chi connectivity index (χ3n) is 1.37. The molecule has 0 radical (unpaired) electrons. The number of hydrazine groups is 1. The number of hydrogen-bond acceptors (Lipinski definition) is 6. The summed E-state index contributed by atoms with van der Waals surface area (Å²) in [5.41, 5.74) is 3.56. The average molecular weight is 162 g/mol. The van der Waals surface area contributed by atoms with Crippen LogP contribution in [-0.2, 0) is 0 Å². The van der Waals surface area contributed by atoms with Crippen LogP contribution in [0.3, 0.4) is 0 Å². The van der Waals surface area contributed by atoms with Crippen molar-refractivity contribution in [2.75, 3.05) is 5.43 Å². The fraction of sp³-hybridized carbons (Fsp3) is 0. The molecule has 0 atom stereocenters. The molecular weight excluding hydrogens is 156 g/mol. The van der Waals surface area contributed by atoms with E-state index in [-0.39, 0.29) is 0 Å². The summed E-state index contributed by atoms with van der Waals surface area (Å²) in [5.74, 6) is 5.63. The number of aromatic nitrogens is 4. The molecule has 6 heteroatoms. The van der Waals surface area contributed by atoms with Gasteiger partial charge in [-0.3, -0.25) is 0 Å². The number of nitrogens with zero attached hydrogens (tertiary/aromatic N) is 4. The number of hydrogen-bond donors (Lipinski definition) is 2. The molecule has 0 saturated carbocycles. The molecule has 0 saturated heterocycles. The van der Waals surface area contributed by atoms with Gasteiger partial charge < -0.3 is 5.43 Å². The van der Waals surface area contributed by atoms with E-state index >= 15 is 0 Å². The molecule has 3 N–H and O–H groups in total.